The molecule has 3 aliphatic carbocycles. The number of carbonyl (C=O) groups is 1. The van der Waals surface area contributed by atoms with Gasteiger partial charge in [-0.25, -0.2) is 8.98 Å². The number of aliphatic carboxylic acids is 1. The van der Waals surface area contributed by atoms with E-state index < -0.39 is 53.2 Å². The fourth-order valence-corrected chi connectivity index (χ4v) is 7.78. The molecule has 1 aromatic carbocycles. The van der Waals surface area contributed by atoms with Gasteiger partial charge in [0, 0.05) is 103 Å². The molecule has 10 atom stereocenters. The number of hydrogen-bond donors (Lipinski definition) is 5. The maximum absolute atomic E-state index is 11.4. The largest absolute Gasteiger partial charge is 0.479 e. The Labute approximate surface area is 306 Å². The van der Waals surface area contributed by atoms with Gasteiger partial charge in [0.2, 0.25) is 6.29 Å². The number of aliphatic hydroxyl groups excluding tert-OH is 3. The minimum atomic E-state index is -4.51. The molecular weight excluding hydrogens is 575 g/mol. The third kappa shape index (κ3) is 6.51. The molecular formula is C24H32K2O11S. The molecule has 5 rings (SSSR count). The minimum absolute atomic E-state index is 0. The van der Waals surface area contributed by atoms with Gasteiger partial charge in [0.25, 0.3) is 0 Å². The summed E-state index contributed by atoms with van der Waals surface area (Å²) in [5.74, 6) is -0.200. The van der Waals surface area contributed by atoms with Crippen LogP contribution in [0, 0.1) is 17.3 Å². The predicted molar refractivity (Wildman–Crippen MR) is 134 cm³/mol. The van der Waals surface area contributed by atoms with Crippen molar-refractivity contribution in [3.8, 4) is 5.75 Å². The predicted octanol–water partition coefficient (Wildman–Crippen LogP) is 0.240. The summed E-state index contributed by atoms with van der Waals surface area (Å²) in [4.78, 5) is 11.3. The van der Waals surface area contributed by atoms with E-state index in [-0.39, 0.29) is 120 Å². The van der Waals surface area contributed by atoms with Gasteiger partial charge in [-0.1, -0.05) is 13.0 Å². The second-order valence-corrected chi connectivity index (χ2v) is 11.8. The normalized spacial score (nSPS) is 40.0. The molecule has 0 amide bonds. The fourth-order valence-electron chi connectivity index (χ4n) is 7.17. The van der Waals surface area contributed by atoms with Crippen molar-refractivity contribution in [3.63, 3.8) is 0 Å². The first kappa shape index (κ1) is 34.0. The van der Waals surface area contributed by atoms with Crippen LogP contribution in [-0.4, -0.2) is 179 Å². The van der Waals surface area contributed by atoms with Crippen molar-refractivity contribution in [1.82, 2.24) is 0 Å². The summed E-state index contributed by atoms with van der Waals surface area (Å²) >= 11 is 0. The zero-order chi connectivity index (χ0) is 26.0. The first-order chi connectivity index (χ1) is 16.9. The molecule has 1 heterocycles. The zero-order valence-corrected chi connectivity index (χ0v) is 28.8. The number of aliphatic hydroxyl groups is 3. The number of aryl methyl sites for hydroxylation is 1. The summed E-state index contributed by atoms with van der Waals surface area (Å²) < 4.78 is 48.0. The first-order valence-corrected chi connectivity index (χ1v) is 13.6. The van der Waals surface area contributed by atoms with Crippen LogP contribution in [0.4, 0.5) is 0 Å². The molecule has 202 valence electrons. The van der Waals surface area contributed by atoms with Crippen LogP contribution in [0.25, 0.3) is 0 Å². The van der Waals surface area contributed by atoms with Crippen molar-refractivity contribution in [2.75, 3.05) is 0 Å². The molecule has 0 aromatic heterocycles. The third-order valence-electron chi connectivity index (χ3n) is 8.91. The molecule has 2 saturated carbocycles. The Morgan fingerprint density at radius 3 is 2.42 bits per heavy atom. The molecule has 2 radical (unpaired) electrons. The van der Waals surface area contributed by atoms with E-state index in [2.05, 4.69) is 6.92 Å². The smallest absolute Gasteiger partial charge is 0.397 e. The minimum Gasteiger partial charge on any atom is -0.479 e. The standard InChI is InChI=1S/C24H32O11S.2K/c1-24-9-8-14-13-5-3-12(33-23-20(27)18(25)19(26)21(34-23)22(28)29)10-11(13)2-4-15(14)16(24)6-7-17(24)35-36(30,31)32;;/h3,5,10,14-21,23,25-27H,2,4,6-9H2,1H3,(H,28,29)(H,30,31,32);;/t14-,15-,16+,17+,18+,19+,20-,21+,23-,24+;;/m1../s1. The van der Waals surface area contributed by atoms with Gasteiger partial charge in [0.05, 0.1) is 6.10 Å². The molecule has 0 unspecified atom stereocenters. The molecule has 1 aliphatic heterocycles. The number of carboxylic acids is 1. The van der Waals surface area contributed by atoms with Crippen LogP contribution in [0.15, 0.2) is 18.2 Å². The van der Waals surface area contributed by atoms with Crippen LogP contribution in [-0.2, 0) is 30.5 Å². The second kappa shape index (κ2) is 13.0. The summed E-state index contributed by atoms with van der Waals surface area (Å²) in [6, 6.07) is 5.51. The number of rotatable bonds is 5. The molecule has 14 heteroatoms. The number of carboxylic acid groups (broad SMARTS) is 1. The van der Waals surface area contributed by atoms with E-state index in [0.29, 0.717) is 18.1 Å². The third-order valence-corrected chi connectivity index (χ3v) is 9.39. The summed E-state index contributed by atoms with van der Waals surface area (Å²) in [5.41, 5.74) is 1.93. The van der Waals surface area contributed by atoms with E-state index >= 15 is 0 Å². The molecule has 3 fully saturated rings. The monoisotopic (exact) mass is 606 g/mol. The topological polar surface area (TPSA) is 180 Å². The summed E-state index contributed by atoms with van der Waals surface area (Å²) in [7, 11) is -4.51. The molecule has 0 bridgehead atoms. The van der Waals surface area contributed by atoms with Crippen molar-refractivity contribution < 1.29 is 51.8 Å². The number of ether oxygens (including phenoxy) is 2. The number of hydrogen-bond acceptors (Lipinski definition) is 9. The molecule has 4 aliphatic rings. The Morgan fingerprint density at radius 2 is 1.76 bits per heavy atom. The van der Waals surface area contributed by atoms with Crippen molar-refractivity contribution in [2.24, 2.45) is 17.3 Å². The van der Waals surface area contributed by atoms with E-state index in [1.807, 2.05) is 12.1 Å². The van der Waals surface area contributed by atoms with Gasteiger partial charge >= 0.3 is 16.4 Å². The van der Waals surface area contributed by atoms with Crippen LogP contribution in [0.2, 0.25) is 0 Å². The van der Waals surface area contributed by atoms with Gasteiger partial charge in [-0.05, 0) is 85.0 Å². The van der Waals surface area contributed by atoms with Crippen molar-refractivity contribution in [2.45, 2.75) is 88.2 Å². The van der Waals surface area contributed by atoms with Crippen LogP contribution in [0.3, 0.4) is 0 Å². The SMILES string of the molecule is C[C@]12CC[C@@H]3c4ccc(O[C@@H]5O[C@H](C(=O)O)[C@@H](O)[C@H](O)[C@H]5O)cc4CC[C@H]3[C@@H]1CC[C@@H]2OS(=O)(=O)O.[K].[K]. The zero-order valence-electron chi connectivity index (χ0n) is 21.8. The Hall–Kier alpha value is 1.47. The molecule has 11 nitrogen and oxygen atoms in total. The number of fused-ring (bicyclic) bond motifs is 5. The van der Waals surface area contributed by atoms with Crippen LogP contribution < -0.4 is 4.74 Å². The summed E-state index contributed by atoms with van der Waals surface area (Å²) in [6.45, 7) is 2.06. The molecule has 1 saturated heterocycles. The van der Waals surface area contributed by atoms with Crippen LogP contribution in [0.1, 0.15) is 56.1 Å². The second-order valence-electron chi connectivity index (χ2n) is 10.8. The van der Waals surface area contributed by atoms with Crippen molar-refractivity contribution >= 4 is 119 Å². The average molecular weight is 607 g/mol. The van der Waals surface area contributed by atoms with E-state index in [9.17, 15) is 38.2 Å². The summed E-state index contributed by atoms with van der Waals surface area (Å²) in [6.07, 6.45) is -4.17. The van der Waals surface area contributed by atoms with E-state index in [1.54, 1.807) is 6.07 Å². The van der Waals surface area contributed by atoms with E-state index in [4.69, 9.17) is 13.7 Å². The van der Waals surface area contributed by atoms with Crippen LogP contribution in [0.5, 0.6) is 5.75 Å². The van der Waals surface area contributed by atoms with E-state index in [1.165, 1.54) is 5.56 Å². The van der Waals surface area contributed by atoms with Gasteiger partial charge in [0.15, 0.2) is 6.10 Å². The van der Waals surface area contributed by atoms with Gasteiger partial charge in [0.1, 0.15) is 24.1 Å². The van der Waals surface area contributed by atoms with Gasteiger partial charge in [-0.15, -0.1) is 0 Å². The Bertz CT molecular complexity index is 1130. The molecule has 0 spiro atoms. The first-order valence-electron chi connectivity index (χ1n) is 12.3. The Balaban J connectivity index is 0.00000200. The van der Waals surface area contributed by atoms with Gasteiger partial charge in [-0.2, -0.15) is 8.42 Å². The van der Waals surface area contributed by atoms with Crippen LogP contribution >= 0.6 is 0 Å². The molecule has 5 N–H and O–H groups in total. The summed E-state index contributed by atoms with van der Waals surface area (Å²) in [5, 5.41) is 39.4. The van der Waals surface area contributed by atoms with E-state index in [0.717, 1.165) is 37.7 Å². The molecule has 1 aromatic rings. The van der Waals surface area contributed by atoms with Gasteiger partial charge < -0.3 is 29.9 Å². The Kier molecular flexibility index (Phi) is 11.6. The average Bonchev–Trinajstić information content (AvgIpc) is 3.13. The maximum atomic E-state index is 11.4. The quantitative estimate of drug-likeness (QED) is 0.229. The van der Waals surface area contributed by atoms with Crippen molar-refractivity contribution in [3.05, 3.63) is 29.3 Å². The maximum Gasteiger partial charge on any atom is 0.397 e. The van der Waals surface area contributed by atoms with Gasteiger partial charge in [-0.3, -0.25) is 4.55 Å². The number of benzene rings is 1. The Morgan fingerprint density at radius 1 is 1.05 bits per heavy atom. The fraction of sp³-hybridized carbons (Fsp3) is 0.708. The molecule has 38 heavy (non-hydrogen) atoms. The van der Waals surface area contributed by atoms with Crippen molar-refractivity contribution in [1.29, 1.82) is 0 Å².